The fraction of sp³-hybridized carbons (Fsp3) is 0.571. The van der Waals surface area contributed by atoms with Gasteiger partial charge in [-0.1, -0.05) is 19.8 Å². The van der Waals surface area contributed by atoms with Crippen molar-refractivity contribution in [2.75, 3.05) is 11.4 Å². The molecule has 4 nitrogen and oxygen atoms in total. The molecule has 98 valence electrons. The lowest BCUT2D eigenvalue weighted by Gasteiger charge is -2.31. The number of nitrogens with zero attached hydrogens (tertiary/aromatic N) is 2. The average molecular weight is 246 g/mol. The second-order valence-corrected chi connectivity index (χ2v) is 4.89. The number of nitrogens with two attached hydrogens (primary N) is 1. The van der Waals surface area contributed by atoms with Crippen molar-refractivity contribution in [3.8, 4) is 0 Å². The second kappa shape index (κ2) is 5.85. The van der Waals surface area contributed by atoms with E-state index in [0.29, 0.717) is 6.04 Å². The molecule has 1 aromatic heterocycles. The third-order valence-corrected chi connectivity index (χ3v) is 3.70. The van der Waals surface area contributed by atoms with E-state index in [1.807, 2.05) is 12.1 Å². The van der Waals surface area contributed by atoms with Gasteiger partial charge in [-0.05, 0) is 31.4 Å². The van der Waals surface area contributed by atoms with Crippen molar-refractivity contribution in [3.05, 3.63) is 23.9 Å². The molecule has 2 heterocycles. The maximum Gasteiger partial charge on any atom is 0.139 e. The molecule has 4 heteroatoms. The van der Waals surface area contributed by atoms with Crippen molar-refractivity contribution in [1.82, 2.24) is 4.98 Å². The number of rotatable bonds is 3. The van der Waals surface area contributed by atoms with Crippen LogP contribution in [-0.2, 0) is 0 Å². The molecule has 0 aromatic carbocycles. The lowest BCUT2D eigenvalue weighted by molar-refractivity contribution is 0.552. The lowest BCUT2D eigenvalue weighted by atomic mass is 10.1. The van der Waals surface area contributed by atoms with Gasteiger partial charge in [-0.15, -0.1) is 0 Å². The Hall–Kier alpha value is -1.58. The monoisotopic (exact) mass is 246 g/mol. The van der Waals surface area contributed by atoms with Gasteiger partial charge in [0.1, 0.15) is 11.7 Å². The minimum atomic E-state index is 0.109. The Morgan fingerprint density at radius 3 is 3.06 bits per heavy atom. The van der Waals surface area contributed by atoms with Crippen LogP contribution in [0.2, 0.25) is 0 Å². The number of pyridine rings is 1. The van der Waals surface area contributed by atoms with E-state index in [4.69, 9.17) is 11.1 Å². The van der Waals surface area contributed by atoms with Gasteiger partial charge in [0, 0.05) is 18.8 Å². The molecular formula is C14H22N4. The van der Waals surface area contributed by atoms with Gasteiger partial charge in [0.25, 0.3) is 0 Å². The Morgan fingerprint density at radius 2 is 2.33 bits per heavy atom. The minimum absolute atomic E-state index is 0.109. The van der Waals surface area contributed by atoms with Gasteiger partial charge in [-0.3, -0.25) is 5.41 Å². The number of anilines is 1. The number of hydrogen-bond donors (Lipinski definition) is 2. The zero-order valence-electron chi connectivity index (χ0n) is 11.0. The predicted octanol–water partition coefficient (Wildman–Crippen LogP) is 2.52. The molecule has 3 N–H and O–H groups in total. The molecule has 1 unspecified atom stereocenters. The summed E-state index contributed by atoms with van der Waals surface area (Å²) in [5.74, 6) is 0.996. The highest BCUT2D eigenvalue weighted by molar-refractivity contribution is 5.99. The SMILES string of the molecule is CCC1CCCCCN1c1ncccc1C(=N)N. The highest BCUT2D eigenvalue weighted by Gasteiger charge is 2.23. The van der Waals surface area contributed by atoms with Crippen LogP contribution in [0.5, 0.6) is 0 Å². The van der Waals surface area contributed by atoms with Crippen LogP contribution >= 0.6 is 0 Å². The van der Waals surface area contributed by atoms with Gasteiger partial charge in [0.2, 0.25) is 0 Å². The first kappa shape index (κ1) is 12.9. The smallest absolute Gasteiger partial charge is 0.139 e. The molecule has 1 atom stereocenters. The van der Waals surface area contributed by atoms with E-state index >= 15 is 0 Å². The summed E-state index contributed by atoms with van der Waals surface area (Å²) >= 11 is 0. The van der Waals surface area contributed by atoms with E-state index in [-0.39, 0.29) is 5.84 Å². The summed E-state index contributed by atoms with van der Waals surface area (Å²) in [4.78, 5) is 6.82. The Morgan fingerprint density at radius 1 is 1.50 bits per heavy atom. The molecule has 1 aromatic rings. The second-order valence-electron chi connectivity index (χ2n) is 4.89. The molecule has 18 heavy (non-hydrogen) atoms. The van der Waals surface area contributed by atoms with Crippen LogP contribution in [0.3, 0.4) is 0 Å². The number of hydrogen-bond acceptors (Lipinski definition) is 3. The van der Waals surface area contributed by atoms with Crippen molar-refractivity contribution in [1.29, 1.82) is 5.41 Å². The summed E-state index contributed by atoms with van der Waals surface area (Å²) in [5, 5.41) is 7.68. The zero-order chi connectivity index (χ0) is 13.0. The fourth-order valence-electron chi connectivity index (χ4n) is 2.72. The molecule has 2 rings (SSSR count). The van der Waals surface area contributed by atoms with E-state index in [0.717, 1.165) is 24.3 Å². The highest BCUT2D eigenvalue weighted by atomic mass is 15.2. The van der Waals surface area contributed by atoms with E-state index in [1.165, 1.54) is 25.7 Å². The third kappa shape index (κ3) is 2.63. The van der Waals surface area contributed by atoms with Crippen LogP contribution in [0.25, 0.3) is 0 Å². The predicted molar refractivity (Wildman–Crippen MR) is 75.1 cm³/mol. The highest BCUT2D eigenvalue weighted by Crippen LogP contribution is 2.26. The van der Waals surface area contributed by atoms with Crippen LogP contribution in [0.15, 0.2) is 18.3 Å². The van der Waals surface area contributed by atoms with Gasteiger partial charge >= 0.3 is 0 Å². The van der Waals surface area contributed by atoms with Crippen LogP contribution in [0.1, 0.15) is 44.6 Å². The molecule has 1 fully saturated rings. The van der Waals surface area contributed by atoms with Crippen molar-refractivity contribution in [2.45, 2.75) is 45.1 Å². The molecule has 0 amide bonds. The molecule has 1 saturated heterocycles. The van der Waals surface area contributed by atoms with E-state index in [9.17, 15) is 0 Å². The molecular weight excluding hydrogens is 224 g/mol. The Bertz CT molecular complexity index is 416. The van der Waals surface area contributed by atoms with Gasteiger partial charge in [0.15, 0.2) is 0 Å². The van der Waals surface area contributed by atoms with E-state index < -0.39 is 0 Å². The van der Waals surface area contributed by atoms with Crippen molar-refractivity contribution in [2.24, 2.45) is 5.73 Å². The first-order valence-electron chi connectivity index (χ1n) is 6.80. The average Bonchev–Trinajstić information content (AvgIpc) is 2.63. The summed E-state index contributed by atoms with van der Waals surface area (Å²) in [6.45, 7) is 3.25. The summed E-state index contributed by atoms with van der Waals surface area (Å²) in [5.41, 5.74) is 6.43. The van der Waals surface area contributed by atoms with E-state index in [1.54, 1.807) is 6.20 Å². The van der Waals surface area contributed by atoms with Crippen molar-refractivity contribution < 1.29 is 0 Å². The maximum absolute atomic E-state index is 7.68. The van der Waals surface area contributed by atoms with Crippen LogP contribution < -0.4 is 10.6 Å². The van der Waals surface area contributed by atoms with Gasteiger partial charge in [-0.2, -0.15) is 0 Å². The number of amidine groups is 1. The molecule has 0 spiro atoms. The van der Waals surface area contributed by atoms with Crippen molar-refractivity contribution in [3.63, 3.8) is 0 Å². The number of nitrogens with one attached hydrogen (secondary N) is 1. The van der Waals surface area contributed by atoms with Gasteiger partial charge in [0.05, 0.1) is 5.56 Å². The molecule has 0 radical (unpaired) electrons. The van der Waals surface area contributed by atoms with Crippen molar-refractivity contribution >= 4 is 11.7 Å². The van der Waals surface area contributed by atoms with E-state index in [2.05, 4.69) is 16.8 Å². The summed E-state index contributed by atoms with van der Waals surface area (Å²) in [6.07, 6.45) is 7.90. The first-order valence-corrected chi connectivity index (χ1v) is 6.80. The zero-order valence-corrected chi connectivity index (χ0v) is 11.0. The Labute approximate surface area is 109 Å². The number of nitrogen functional groups attached to an aromatic ring is 1. The standard InChI is InChI=1S/C14H22N4/c1-2-11-7-4-3-5-10-18(11)14-12(13(15)16)8-6-9-17-14/h6,8-9,11H,2-5,7,10H2,1H3,(H3,15,16). The Balaban J connectivity index is 2.35. The molecule has 0 aliphatic carbocycles. The summed E-state index contributed by atoms with van der Waals surface area (Å²) in [7, 11) is 0. The largest absolute Gasteiger partial charge is 0.384 e. The normalized spacial score (nSPS) is 20.5. The van der Waals surface area contributed by atoms with Gasteiger partial charge in [-0.25, -0.2) is 4.98 Å². The Kier molecular flexibility index (Phi) is 4.18. The maximum atomic E-state index is 7.68. The lowest BCUT2D eigenvalue weighted by Crippen LogP contribution is -2.36. The molecule has 0 bridgehead atoms. The van der Waals surface area contributed by atoms with Crippen LogP contribution in [0.4, 0.5) is 5.82 Å². The summed E-state index contributed by atoms with van der Waals surface area (Å²) in [6, 6.07) is 4.27. The van der Waals surface area contributed by atoms with Crippen LogP contribution in [-0.4, -0.2) is 23.4 Å². The quantitative estimate of drug-likeness (QED) is 0.636. The third-order valence-electron chi connectivity index (χ3n) is 3.70. The van der Waals surface area contributed by atoms with Gasteiger partial charge < -0.3 is 10.6 Å². The summed E-state index contributed by atoms with van der Waals surface area (Å²) < 4.78 is 0. The minimum Gasteiger partial charge on any atom is -0.384 e. The fourth-order valence-corrected chi connectivity index (χ4v) is 2.72. The topological polar surface area (TPSA) is 66.0 Å². The number of aromatic nitrogens is 1. The first-order chi connectivity index (χ1) is 8.74. The molecule has 1 aliphatic rings. The molecule has 0 saturated carbocycles. The molecule has 1 aliphatic heterocycles. The van der Waals surface area contributed by atoms with Crippen LogP contribution in [0, 0.1) is 5.41 Å².